The summed E-state index contributed by atoms with van der Waals surface area (Å²) in [6.45, 7) is 9.29. The van der Waals surface area contributed by atoms with Crippen molar-refractivity contribution in [2.24, 2.45) is 10.9 Å². The molecule has 1 fully saturated rings. The lowest BCUT2D eigenvalue weighted by Gasteiger charge is -2.18. The average Bonchev–Trinajstić information content (AvgIpc) is 3.14. The maximum absolute atomic E-state index is 5.96. The van der Waals surface area contributed by atoms with Gasteiger partial charge >= 0.3 is 0 Å². The Morgan fingerprint density at radius 1 is 1.15 bits per heavy atom. The number of hydrogen-bond acceptors (Lipinski definition) is 3. The first kappa shape index (κ1) is 24.2. The summed E-state index contributed by atoms with van der Waals surface area (Å²) < 4.78 is 11.6. The van der Waals surface area contributed by atoms with Crippen molar-refractivity contribution in [3.63, 3.8) is 0 Å². The van der Waals surface area contributed by atoms with Crippen LogP contribution in [0.3, 0.4) is 0 Å². The van der Waals surface area contributed by atoms with Crippen LogP contribution in [0, 0.1) is 5.92 Å². The van der Waals surface area contributed by atoms with Crippen molar-refractivity contribution in [2.45, 2.75) is 45.6 Å². The average molecular weight is 489 g/mol. The number of aliphatic imine (C=N–C) groups is 1. The molecule has 0 amide bonds. The molecule has 1 aliphatic heterocycles. The number of nitrogens with one attached hydrogen (secondary N) is 2. The van der Waals surface area contributed by atoms with Crippen LogP contribution in [0.1, 0.15) is 51.2 Å². The summed E-state index contributed by atoms with van der Waals surface area (Å²) in [7, 11) is 0. The minimum Gasteiger partial charge on any atom is -0.381 e. The van der Waals surface area contributed by atoms with Gasteiger partial charge in [0.25, 0.3) is 0 Å². The van der Waals surface area contributed by atoms with E-state index in [2.05, 4.69) is 48.7 Å². The fourth-order valence-electron chi connectivity index (χ4n) is 3.11. The number of rotatable bonds is 11. The van der Waals surface area contributed by atoms with E-state index in [0.29, 0.717) is 5.92 Å². The van der Waals surface area contributed by atoms with Gasteiger partial charge in [0, 0.05) is 45.4 Å². The molecule has 1 aliphatic rings. The largest absolute Gasteiger partial charge is 0.381 e. The number of hydrogen-bond donors (Lipinski definition) is 2. The Hall–Kier alpha value is -0.860. The van der Waals surface area contributed by atoms with Gasteiger partial charge in [-0.3, -0.25) is 4.99 Å². The number of benzene rings is 1. The summed E-state index contributed by atoms with van der Waals surface area (Å²) in [6.07, 6.45) is 4.55. The van der Waals surface area contributed by atoms with E-state index in [1.807, 2.05) is 6.07 Å². The van der Waals surface area contributed by atoms with Crippen LogP contribution < -0.4 is 10.6 Å². The van der Waals surface area contributed by atoms with E-state index in [0.717, 1.165) is 64.7 Å². The topological polar surface area (TPSA) is 54.9 Å². The van der Waals surface area contributed by atoms with Gasteiger partial charge in [-0.25, -0.2) is 0 Å². The van der Waals surface area contributed by atoms with Crippen LogP contribution in [0.25, 0.3) is 0 Å². The molecule has 1 heterocycles. The Morgan fingerprint density at radius 2 is 1.93 bits per heavy atom. The molecule has 2 N–H and O–H groups in total. The highest BCUT2D eigenvalue weighted by atomic mass is 127. The minimum atomic E-state index is 0. The molecular weight excluding hydrogens is 453 g/mol. The maximum Gasteiger partial charge on any atom is 0.191 e. The molecule has 154 valence electrons. The van der Waals surface area contributed by atoms with Gasteiger partial charge in [-0.15, -0.1) is 24.0 Å². The minimum absolute atomic E-state index is 0. The molecule has 27 heavy (non-hydrogen) atoms. The molecule has 6 heteroatoms. The molecule has 2 atom stereocenters. The van der Waals surface area contributed by atoms with Crippen LogP contribution in [0.2, 0.25) is 0 Å². The number of nitrogens with zero attached hydrogens (tertiary/aromatic N) is 1. The Labute approximate surface area is 181 Å². The van der Waals surface area contributed by atoms with Gasteiger partial charge in [0.05, 0.1) is 6.10 Å². The monoisotopic (exact) mass is 489 g/mol. The van der Waals surface area contributed by atoms with Crippen LogP contribution in [0.5, 0.6) is 0 Å². The third-order valence-corrected chi connectivity index (χ3v) is 4.57. The molecule has 2 rings (SSSR count). The van der Waals surface area contributed by atoms with Gasteiger partial charge in [0.1, 0.15) is 0 Å². The molecule has 1 aromatic carbocycles. The van der Waals surface area contributed by atoms with E-state index >= 15 is 0 Å². The standard InChI is InChI=1S/C21H35N3O2.HI/c1-3-5-14-25-15-9-13-23-21(22-4-2)24-17-19-12-16-26-20(19)18-10-7-6-8-11-18;/h6-8,10-11,19-20H,3-5,9,12-17H2,1-2H3,(H2,22,23,24);1H. The second-order valence-electron chi connectivity index (χ2n) is 6.72. The van der Waals surface area contributed by atoms with Gasteiger partial charge < -0.3 is 20.1 Å². The molecule has 5 nitrogen and oxygen atoms in total. The van der Waals surface area contributed by atoms with Crippen LogP contribution in [-0.4, -0.2) is 45.4 Å². The zero-order chi connectivity index (χ0) is 18.5. The molecule has 0 aliphatic carbocycles. The summed E-state index contributed by atoms with van der Waals surface area (Å²) in [5.74, 6) is 1.32. The maximum atomic E-state index is 5.96. The highest BCUT2D eigenvalue weighted by Gasteiger charge is 2.29. The molecule has 1 saturated heterocycles. The first-order valence-corrected chi connectivity index (χ1v) is 10.1. The zero-order valence-electron chi connectivity index (χ0n) is 16.8. The Balaban J connectivity index is 0.00000364. The first-order chi connectivity index (χ1) is 12.8. The van der Waals surface area contributed by atoms with Crippen LogP contribution >= 0.6 is 24.0 Å². The lowest BCUT2D eigenvalue weighted by Crippen LogP contribution is -2.38. The summed E-state index contributed by atoms with van der Waals surface area (Å²) >= 11 is 0. The van der Waals surface area contributed by atoms with Gasteiger partial charge in [-0.2, -0.15) is 0 Å². The summed E-state index contributed by atoms with van der Waals surface area (Å²) in [5.41, 5.74) is 1.26. The van der Waals surface area contributed by atoms with Gasteiger partial charge in [0.15, 0.2) is 5.96 Å². The van der Waals surface area contributed by atoms with Crippen molar-refractivity contribution in [3.8, 4) is 0 Å². The Kier molecular flexibility index (Phi) is 13.5. The van der Waals surface area contributed by atoms with E-state index < -0.39 is 0 Å². The van der Waals surface area contributed by atoms with Crippen molar-refractivity contribution >= 4 is 29.9 Å². The molecule has 0 bridgehead atoms. The van der Waals surface area contributed by atoms with E-state index in [-0.39, 0.29) is 30.1 Å². The number of ether oxygens (including phenoxy) is 2. The third kappa shape index (κ3) is 9.25. The number of halogens is 1. The van der Waals surface area contributed by atoms with Crippen molar-refractivity contribution < 1.29 is 9.47 Å². The smallest absolute Gasteiger partial charge is 0.191 e. The fourth-order valence-corrected chi connectivity index (χ4v) is 3.11. The Bertz CT molecular complexity index is 513. The first-order valence-electron chi connectivity index (χ1n) is 10.1. The van der Waals surface area contributed by atoms with Crippen molar-refractivity contribution in [2.75, 3.05) is 39.5 Å². The van der Waals surface area contributed by atoms with Crippen molar-refractivity contribution in [1.82, 2.24) is 10.6 Å². The molecule has 1 aromatic rings. The highest BCUT2D eigenvalue weighted by Crippen LogP contribution is 2.34. The van der Waals surface area contributed by atoms with Crippen LogP contribution in [-0.2, 0) is 9.47 Å². The summed E-state index contributed by atoms with van der Waals surface area (Å²) in [4.78, 5) is 4.79. The Morgan fingerprint density at radius 3 is 2.67 bits per heavy atom. The van der Waals surface area contributed by atoms with Gasteiger partial charge in [-0.05, 0) is 31.7 Å². The van der Waals surface area contributed by atoms with Crippen molar-refractivity contribution in [3.05, 3.63) is 35.9 Å². The SMILES string of the molecule is CCCCOCCCNC(=NCC1CCOC1c1ccccc1)NCC.I. The van der Waals surface area contributed by atoms with E-state index in [9.17, 15) is 0 Å². The molecule has 0 saturated carbocycles. The highest BCUT2D eigenvalue weighted by molar-refractivity contribution is 14.0. The van der Waals surface area contributed by atoms with E-state index in [1.54, 1.807) is 0 Å². The molecule has 0 radical (unpaired) electrons. The normalized spacial score (nSPS) is 19.6. The molecule has 2 unspecified atom stereocenters. The predicted octanol–water partition coefficient (Wildman–Crippen LogP) is 4.14. The van der Waals surface area contributed by atoms with Crippen LogP contribution in [0.15, 0.2) is 35.3 Å². The number of guanidine groups is 1. The lowest BCUT2D eigenvalue weighted by molar-refractivity contribution is 0.0925. The third-order valence-electron chi connectivity index (χ3n) is 4.57. The summed E-state index contributed by atoms with van der Waals surface area (Å²) in [6, 6.07) is 10.5. The van der Waals surface area contributed by atoms with E-state index in [1.165, 1.54) is 12.0 Å². The predicted molar refractivity (Wildman–Crippen MR) is 123 cm³/mol. The van der Waals surface area contributed by atoms with E-state index in [4.69, 9.17) is 14.5 Å². The van der Waals surface area contributed by atoms with Crippen molar-refractivity contribution in [1.29, 1.82) is 0 Å². The van der Waals surface area contributed by atoms with Gasteiger partial charge in [0.2, 0.25) is 0 Å². The molecule has 0 spiro atoms. The van der Waals surface area contributed by atoms with Crippen LogP contribution in [0.4, 0.5) is 0 Å². The lowest BCUT2D eigenvalue weighted by atomic mass is 9.95. The second kappa shape index (κ2) is 15.1. The summed E-state index contributed by atoms with van der Waals surface area (Å²) in [5, 5.41) is 6.74. The fraction of sp³-hybridized carbons (Fsp3) is 0.667. The molecular formula is C21H36IN3O2. The van der Waals surface area contributed by atoms with Gasteiger partial charge in [-0.1, -0.05) is 43.7 Å². The zero-order valence-corrected chi connectivity index (χ0v) is 19.1. The molecule has 0 aromatic heterocycles. The quantitative estimate of drug-likeness (QED) is 0.212. The second-order valence-corrected chi connectivity index (χ2v) is 6.72. The number of unbranched alkanes of at least 4 members (excludes halogenated alkanes) is 1.